The van der Waals surface area contributed by atoms with E-state index >= 15 is 0 Å². The van der Waals surface area contributed by atoms with Gasteiger partial charge in [-0.25, -0.2) is 26.5 Å². The van der Waals surface area contributed by atoms with Crippen LogP contribution in [0.2, 0.25) is 0 Å². The summed E-state index contributed by atoms with van der Waals surface area (Å²) in [4.78, 5) is 5.00. The lowest BCUT2D eigenvalue weighted by molar-refractivity contribution is 0.459. The molecule has 1 saturated carbocycles. The van der Waals surface area contributed by atoms with Gasteiger partial charge in [0.15, 0.2) is 5.16 Å². The molecule has 1 heterocycles. The Labute approximate surface area is 198 Å². The highest BCUT2D eigenvalue weighted by Crippen LogP contribution is 2.38. The topological polar surface area (TPSA) is 55.2 Å². The van der Waals surface area contributed by atoms with Crippen LogP contribution in [0.5, 0.6) is 0 Å². The average molecular weight is 494 g/mol. The minimum Gasteiger partial charge on any atom is -0.316 e. The van der Waals surface area contributed by atoms with Gasteiger partial charge in [-0.05, 0) is 55.2 Å². The van der Waals surface area contributed by atoms with Crippen molar-refractivity contribution >= 4 is 32.8 Å². The average Bonchev–Trinajstić information content (AvgIpc) is 3.42. The third kappa shape index (κ3) is 5.25. The number of halogens is 2. The molecule has 1 aliphatic carbocycles. The molecule has 1 aromatic heterocycles. The fourth-order valence-electron chi connectivity index (χ4n) is 4.36. The zero-order chi connectivity index (χ0) is 23.6. The van der Waals surface area contributed by atoms with Crippen LogP contribution in [-0.4, -0.2) is 35.9 Å². The van der Waals surface area contributed by atoms with Gasteiger partial charge in [-0.1, -0.05) is 37.9 Å². The Morgan fingerprint density at radius 2 is 1.82 bits per heavy atom. The van der Waals surface area contributed by atoms with Gasteiger partial charge < -0.3 is 4.57 Å². The molecule has 9 heteroatoms. The lowest BCUT2D eigenvalue weighted by atomic mass is 10.2. The van der Waals surface area contributed by atoms with Crippen LogP contribution in [0.1, 0.15) is 57.1 Å². The highest BCUT2D eigenvalue weighted by atomic mass is 32.2. The quantitative estimate of drug-likeness (QED) is 0.336. The van der Waals surface area contributed by atoms with Gasteiger partial charge in [-0.2, -0.15) is 0 Å². The summed E-state index contributed by atoms with van der Waals surface area (Å²) in [6, 6.07) is 8.95. The normalized spacial score (nSPS) is 15.2. The van der Waals surface area contributed by atoms with Crippen LogP contribution < -0.4 is 0 Å². The van der Waals surface area contributed by atoms with E-state index in [1.807, 2.05) is 13.0 Å². The maximum atomic E-state index is 13.6. The fourth-order valence-corrected chi connectivity index (χ4v) is 6.60. The molecule has 0 bridgehead atoms. The van der Waals surface area contributed by atoms with E-state index in [2.05, 4.69) is 4.57 Å². The molecule has 0 unspecified atom stereocenters. The number of unbranched alkanes of at least 4 members (excludes halogenated alkanes) is 1. The van der Waals surface area contributed by atoms with E-state index in [0.717, 1.165) is 55.3 Å². The molecule has 0 saturated heterocycles. The number of imidazole rings is 1. The van der Waals surface area contributed by atoms with Crippen molar-refractivity contribution in [1.29, 1.82) is 0 Å². The predicted molar refractivity (Wildman–Crippen MR) is 128 cm³/mol. The predicted octanol–water partition coefficient (Wildman–Crippen LogP) is 6.14. The van der Waals surface area contributed by atoms with E-state index in [9.17, 15) is 17.2 Å². The minimum absolute atomic E-state index is 0.230. The maximum absolute atomic E-state index is 13.6. The molecule has 1 aliphatic rings. The molecule has 5 nitrogen and oxygen atoms in total. The number of fused-ring (bicyclic) bond motifs is 1. The van der Waals surface area contributed by atoms with Crippen molar-refractivity contribution in [3.05, 3.63) is 53.6 Å². The zero-order valence-corrected chi connectivity index (χ0v) is 20.6. The summed E-state index contributed by atoms with van der Waals surface area (Å²) in [6.45, 7) is 2.50. The Bertz CT molecular complexity index is 1220. The number of hydrogen-bond donors (Lipinski definition) is 0. The van der Waals surface area contributed by atoms with Crippen molar-refractivity contribution in [2.45, 2.75) is 67.3 Å². The van der Waals surface area contributed by atoms with E-state index in [1.165, 1.54) is 28.2 Å². The second-order valence-corrected chi connectivity index (χ2v) is 11.6. The van der Waals surface area contributed by atoms with Crippen LogP contribution in [0.3, 0.4) is 0 Å². The Morgan fingerprint density at radius 3 is 2.48 bits per heavy atom. The molecule has 33 heavy (non-hydrogen) atoms. The summed E-state index contributed by atoms with van der Waals surface area (Å²) in [7, 11) is -1.99. The van der Waals surface area contributed by atoms with Crippen molar-refractivity contribution in [3.8, 4) is 0 Å². The van der Waals surface area contributed by atoms with E-state index < -0.39 is 21.7 Å². The molecule has 2 aromatic carbocycles. The first kappa shape index (κ1) is 24.2. The van der Waals surface area contributed by atoms with Gasteiger partial charge in [0.1, 0.15) is 11.6 Å². The van der Waals surface area contributed by atoms with Gasteiger partial charge in [0.2, 0.25) is 10.0 Å². The number of thioether (sulfide) groups is 1. The summed E-state index contributed by atoms with van der Waals surface area (Å²) in [5.74, 6) is -0.829. The monoisotopic (exact) mass is 493 g/mol. The Hall–Kier alpha value is -1.97. The van der Waals surface area contributed by atoms with Gasteiger partial charge in [0.05, 0.1) is 15.9 Å². The number of sulfonamides is 1. The van der Waals surface area contributed by atoms with Crippen LogP contribution in [0.15, 0.2) is 46.5 Å². The third-order valence-electron chi connectivity index (χ3n) is 6.14. The first-order valence-corrected chi connectivity index (χ1v) is 13.8. The van der Waals surface area contributed by atoms with Crippen molar-refractivity contribution in [2.24, 2.45) is 0 Å². The van der Waals surface area contributed by atoms with Gasteiger partial charge in [-0.3, -0.25) is 0 Å². The van der Waals surface area contributed by atoms with Crippen LogP contribution in [-0.2, 0) is 15.8 Å². The smallest absolute Gasteiger partial charge is 0.242 e. The highest BCUT2D eigenvalue weighted by molar-refractivity contribution is 7.98. The lowest BCUT2D eigenvalue weighted by Gasteiger charge is -2.18. The van der Waals surface area contributed by atoms with Gasteiger partial charge in [0.25, 0.3) is 0 Å². The van der Waals surface area contributed by atoms with Crippen LogP contribution in [0.25, 0.3) is 11.0 Å². The van der Waals surface area contributed by atoms with Crippen molar-refractivity contribution in [3.63, 3.8) is 0 Å². The fraction of sp³-hybridized carbons (Fsp3) is 0.458. The van der Waals surface area contributed by atoms with Crippen LogP contribution in [0, 0.1) is 11.6 Å². The first-order valence-electron chi connectivity index (χ1n) is 11.4. The van der Waals surface area contributed by atoms with Crippen molar-refractivity contribution in [1.82, 2.24) is 13.9 Å². The number of aromatic nitrogens is 2. The van der Waals surface area contributed by atoms with Gasteiger partial charge >= 0.3 is 0 Å². The second kappa shape index (κ2) is 10.1. The van der Waals surface area contributed by atoms with Crippen LogP contribution >= 0.6 is 11.8 Å². The number of benzene rings is 2. The van der Waals surface area contributed by atoms with Crippen LogP contribution in [0.4, 0.5) is 8.78 Å². The molecule has 0 aliphatic heterocycles. The van der Waals surface area contributed by atoms with Crippen molar-refractivity contribution < 1.29 is 17.2 Å². The van der Waals surface area contributed by atoms with E-state index in [0.29, 0.717) is 23.4 Å². The van der Waals surface area contributed by atoms with E-state index in [1.54, 1.807) is 19.2 Å². The Morgan fingerprint density at radius 1 is 1.12 bits per heavy atom. The summed E-state index contributed by atoms with van der Waals surface area (Å²) in [5, 5.41) is 0.746. The molecular weight excluding hydrogens is 464 g/mol. The first-order chi connectivity index (χ1) is 15.8. The maximum Gasteiger partial charge on any atom is 0.242 e. The number of rotatable bonds is 9. The molecule has 0 amide bonds. The third-order valence-corrected chi connectivity index (χ3v) is 9.02. The standard InChI is InChI=1S/C24H29F2N3O2S2/c1-3-4-11-28(2)33(30,31)21-9-10-23-22(15-21)27-24(29(23)20-7-5-6-8-20)32-16-17-12-18(25)14-19(26)13-17/h9-10,12-15,20H,3-8,11,16H2,1-2H3. The van der Waals surface area contributed by atoms with Gasteiger partial charge in [0, 0.05) is 31.5 Å². The molecular formula is C24H29F2N3O2S2. The Balaban J connectivity index is 1.69. The SMILES string of the molecule is CCCCN(C)S(=O)(=O)c1ccc2c(c1)nc(SCc1cc(F)cc(F)c1)n2C1CCCC1. The summed E-state index contributed by atoms with van der Waals surface area (Å²) in [5.41, 5.74) is 2.06. The minimum atomic E-state index is -3.60. The molecule has 3 aromatic rings. The molecule has 1 fully saturated rings. The molecule has 4 rings (SSSR count). The zero-order valence-electron chi connectivity index (χ0n) is 18.9. The van der Waals surface area contributed by atoms with E-state index in [4.69, 9.17) is 4.98 Å². The van der Waals surface area contributed by atoms with E-state index in [-0.39, 0.29) is 10.9 Å². The molecule has 0 radical (unpaired) electrons. The van der Waals surface area contributed by atoms with Gasteiger partial charge in [-0.15, -0.1) is 0 Å². The largest absolute Gasteiger partial charge is 0.316 e. The number of hydrogen-bond acceptors (Lipinski definition) is 4. The highest BCUT2D eigenvalue weighted by Gasteiger charge is 2.26. The molecule has 0 atom stereocenters. The summed E-state index contributed by atoms with van der Waals surface area (Å²) in [6.07, 6.45) is 6.06. The number of nitrogens with zero attached hydrogens (tertiary/aromatic N) is 3. The van der Waals surface area contributed by atoms with Crippen molar-refractivity contribution in [2.75, 3.05) is 13.6 Å². The molecule has 0 N–H and O–H groups in total. The lowest BCUT2D eigenvalue weighted by Crippen LogP contribution is -2.27. The Kier molecular flexibility index (Phi) is 7.40. The molecule has 0 spiro atoms. The second-order valence-electron chi connectivity index (χ2n) is 8.60. The molecule has 178 valence electrons. The summed E-state index contributed by atoms with van der Waals surface area (Å²) >= 11 is 1.42. The summed E-state index contributed by atoms with van der Waals surface area (Å²) < 4.78 is 56.8.